The predicted molar refractivity (Wildman–Crippen MR) is 182 cm³/mol. The molecule has 4 aromatic rings. The van der Waals surface area contributed by atoms with Crippen molar-refractivity contribution in [3.8, 4) is 22.3 Å². The maximum absolute atomic E-state index is 14.1. The summed E-state index contributed by atoms with van der Waals surface area (Å²) in [6, 6.07) is 21.3. The third kappa shape index (κ3) is 10.6. The van der Waals surface area contributed by atoms with Gasteiger partial charge in [-0.1, -0.05) is 54.6 Å². The van der Waals surface area contributed by atoms with Crippen LogP contribution in [0.25, 0.3) is 22.3 Å². The number of carboxylic acids is 2. The van der Waals surface area contributed by atoms with Crippen molar-refractivity contribution in [2.24, 2.45) is 0 Å². The number of aliphatic carboxylic acids is 1. The topological polar surface area (TPSA) is 149 Å². The van der Waals surface area contributed by atoms with E-state index < -0.39 is 42.3 Å². The molecule has 1 amide bonds. The van der Waals surface area contributed by atoms with E-state index in [1.807, 2.05) is 48.7 Å². The molecule has 3 aromatic carbocycles. The van der Waals surface area contributed by atoms with Crippen molar-refractivity contribution in [1.82, 2.24) is 9.88 Å². The van der Waals surface area contributed by atoms with Gasteiger partial charge in [0.2, 0.25) is 0 Å². The Morgan fingerprint density at radius 2 is 1.47 bits per heavy atom. The molecular formula is C35H39FN2Na2O7. The molecule has 0 spiro atoms. The molecular weight excluding hydrogens is 625 g/mol. The zero-order valence-electron chi connectivity index (χ0n) is 25.1. The molecule has 12 heteroatoms. The van der Waals surface area contributed by atoms with Crippen LogP contribution in [0, 0.1) is 5.82 Å². The van der Waals surface area contributed by atoms with E-state index in [1.54, 1.807) is 24.3 Å². The molecule has 5 N–H and O–H groups in total. The summed E-state index contributed by atoms with van der Waals surface area (Å²) in [6.07, 6.45) is -2.42. The van der Waals surface area contributed by atoms with Crippen molar-refractivity contribution >= 4 is 77.0 Å². The average Bonchev–Trinajstić information content (AvgIpc) is 3.35. The molecule has 1 aromatic heterocycles. The summed E-state index contributed by atoms with van der Waals surface area (Å²) in [5, 5.41) is 42.2. The number of carboxylic acid groups (broad SMARTS) is 2. The van der Waals surface area contributed by atoms with Crippen molar-refractivity contribution in [2.75, 3.05) is 0 Å². The van der Waals surface area contributed by atoms with Crippen LogP contribution in [0.5, 0.6) is 0 Å². The first-order valence-corrected chi connectivity index (χ1v) is 14.7. The van der Waals surface area contributed by atoms with Crippen LogP contribution in [0.4, 0.5) is 4.39 Å². The Labute approximate surface area is 317 Å². The molecule has 47 heavy (non-hydrogen) atoms. The van der Waals surface area contributed by atoms with Crippen molar-refractivity contribution in [1.29, 1.82) is 0 Å². The van der Waals surface area contributed by atoms with E-state index >= 15 is 0 Å². The van der Waals surface area contributed by atoms with Gasteiger partial charge in [-0.3, -0.25) is 9.59 Å². The second-order valence-corrected chi connectivity index (χ2v) is 11.3. The molecule has 0 aliphatic heterocycles. The molecule has 240 valence electrons. The number of aliphatic hydroxyl groups is 2. The Morgan fingerprint density at radius 1 is 0.830 bits per heavy atom. The molecule has 9 nitrogen and oxygen atoms in total. The number of halogens is 1. The first-order chi connectivity index (χ1) is 21.5. The van der Waals surface area contributed by atoms with Crippen LogP contribution >= 0.6 is 0 Å². The number of amides is 1. The van der Waals surface area contributed by atoms with Crippen LogP contribution in [0.15, 0.2) is 78.9 Å². The van der Waals surface area contributed by atoms with Gasteiger partial charge in [-0.15, -0.1) is 0 Å². The van der Waals surface area contributed by atoms with Gasteiger partial charge in [0.05, 0.1) is 24.2 Å². The van der Waals surface area contributed by atoms with Gasteiger partial charge in [0.15, 0.2) is 0 Å². The van der Waals surface area contributed by atoms with Crippen molar-refractivity contribution in [2.45, 2.75) is 64.3 Å². The van der Waals surface area contributed by atoms with E-state index in [0.717, 1.165) is 5.56 Å². The second kappa shape index (κ2) is 18.7. The number of benzene rings is 3. The normalized spacial score (nSPS) is 12.0. The molecule has 1 heterocycles. The van der Waals surface area contributed by atoms with E-state index in [9.17, 15) is 34.1 Å². The number of nitrogens with one attached hydrogen (secondary N) is 1. The standard InChI is InChI=1S/C35H37FN2O7.2Na.2H/c1-21(2)38-29(16-15-27(39)18-28(40)19-30(41)42)31(24-11-13-26(36)14-12-24)32(23-8-4-3-5-9-23)33(38)34(43)37-20-22-7-6-10-25(17-22)35(44)45;;;;/h3-14,17,21,27-28,39-40H,15-16,18-20H2,1-2H3,(H,37,43)(H,41,42)(H,44,45);;;;. The van der Waals surface area contributed by atoms with Crippen LogP contribution in [0.1, 0.15) is 71.3 Å². The number of hydrogen-bond donors (Lipinski definition) is 5. The maximum atomic E-state index is 14.1. The number of aliphatic hydroxyl groups excluding tert-OH is 2. The van der Waals surface area contributed by atoms with Crippen LogP contribution in [0.3, 0.4) is 0 Å². The number of carbonyl (C=O) groups excluding carboxylic acids is 1. The Kier molecular flexibility index (Phi) is 16.0. The van der Waals surface area contributed by atoms with Crippen LogP contribution < -0.4 is 5.32 Å². The summed E-state index contributed by atoms with van der Waals surface area (Å²) in [5.41, 5.74) is 4.47. The van der Waals surface area contributed by atoms with Gasteiger partial charge in [0.1, 0.15) is 11.5 Å². The van der Waals surface area contributed by atoms with E-state index in [-0.39, 0.29) is 96.5 Å². The van der Waals surface area contributed by atoms with Gasteiger partial charge < -0.3 is 30.3 Å². The van der Waals surface area contributed by atoms with E-state index in [0.29, 0.717) is 33.6 Å². The SMILES string of the molecule is CC(C)n1c(CCC(O)CC(O)CC(=O)O)c(-c2ccc(F)cc2)c(-c2ccccc2)c1C(=O)NCc1cccc(C(=O)O)c1.[NaH].[NaH]. The van der Waals surface area contributed by atoms with Crippen molar-refractivity contribution < 1.29 is 39.2 Å². The number of rotatable bonds is 14. The molecule has 0 bridgehead atoms. The molecule has 0 radical (unpaired) electrons. The number of aromatic carboxylic acids is 1. The van der Waals surface area contributed by atoms with Gasteiger partial charge in [0.25, 0.3) is 5.91 Å². The fourth-order valence-corrected chi connectivity index (χ4v) is 5.59. The minimum absolute atomic E-state index is 0. The molecule has 2 unspecified atom stereocenters. The second-order valence-electron chi connectivity index (χ2n) is 11.3. The molecule has 0 aliphatic rings. The van der Waals surface area contributed by atoms with Gasteiger partial charge in [-0.25, -0.2) is 9.18 Å². The number of hydrogen-bond acceptors (Lipinski definition) is 5. The number of aromatic nitrogens is 1. The molecule has 0 saturated heterocycles. The summed E-state index contributed by atoms with van der Waals surface area (Å²) >= 11 is 0. The van der Waals surface area contributed by atoms with Crippen LogP contribution in [-0.2, 0) is 17.8 Å². The molecule has 0 saturated carbocycles. The zero-order valence-corrected chi connectivity index (χ0v) is 25.1. The van der Waals surface area contributed by atoms with Gasteiger partial charge >= 0.3 is 71.1 Å². The Bertz CT molecular complexity index is 1660. The third-order valence-electron chi connectivity index (χ3n) is 7.53. The summed E-state index contributed by atoms with van der Waals surface area (Å²) in [4.78, 5) is 36.6. The predicted octanol–water partition coefficient (Wildman–Crippen LogP) is 4.39. The number of nitrogens with zero attached hydrogens (tertiary/aromatic N) is 1. The van der Waals surface area contributed by atoms with Crippen molar-refractivity contribution in [3.05, 3.63) is 107 Å². The van der Waals surface area contributed by atoms with E-state index in [1.165, 1.54) is 24.3 Å². The van der Waals surface area contributed by atoms with Crippen LogP contribution in [0.2, 0.25) is 0 Å². The monoisotopic (exact) mass is 664 g/mol. The molecule has 0 aliphatic carbocycles. The first kappa shape index (κ1) is 40.4. The zero-order chi connectivity index (χ0) is 32.7. The Morgan fingerprint density at radius 3 is 2.06 bits per heavy atom. The molecule has 2 atom stereocenters. The summed E-state index contributed by atoms with van der Waals surface area (Å²) < 4.78 is 16.0. The summed E-state index contributed by atoms with van der Waals surface area (Å²) in [5.74, 6) is -3.07. The van der Waals surface area contributed by atoms with Gasteiger partial charge in [-0.2, -0.15) is 0 Å². The number of carbonyl (C=O) groups is 3. The van der Waals surface area contributed by atoms with E-state index in [4.69, 9.17) is 5.11 Å². The summed E-state index contributed by atoms with van der Waals surface area (Å²) in [6.45, 7) is 3.92. The Hall–Kier alpha value is -2.80. The summed E-state index contributed by atoms with van der Waals surface area (Å²) in [7, 11) is 0. The average molecular weight is 665 g/mol. The fraction of sp³-hybridized carbons (Fsp3) is 0.286. The van der Waals surface area contributed by atoms with Crippen molar-refractivity contribution in [3.63, 3.8) is 0 Å². The van der Waals surface area contributed by atoms with Gasteiger partial charge in [-0.05, 0) is 74.1 Å². The van der Waals surface area contributed by atoms with Crippen LogP contribution in [-0.4, -0.2) is 114 Å². The molecule has 4 rings (SSSR count). The third-order valence-corrected chi connectivity index (χ3v) is 7.53. The van der Waals surface area contributed by atoms with E-state index in [2.05, 4.69) is 5.32 Å². The minimum atomic E-state index is -1.22. The quantitative estimate of drug-likeness (QED) is 0.126. The van der Waals surface area contributed by atoms with Gasteiger partial charge in [0, 0.05) is 29.4 Å². The first-order valence-electron chi connectivity index (χ1n) is 14.7. The Balaban J connectivity index is 0.00000384. The fourth-order valence-electron chi connectivity index (χ4n) is 5.59. The molecule has 0 fully saturated rings.